The van der Waals surface area contributed by atoms with E-state index in [1.165, 1.54) is 11.6 Å². The van der Waals surface area contributed by atoms with Crippen molar-refractivity contribution in [3.8, 4) is 0 Å². The minimum Gasteiger partial charge on any atom is -0.463 e. The quantitative estimate of drug-likeness (QED) is 0.428. The second kappa shape index (κ2) is 9.10. The lowest BCUT2D eigenvalue weighted by Gasteiger charge is -1.95. The molecule has 1 aromatic rings. The van der Waals surface area contributed by atoms with Gasteiger partial charge in [0.1, 0.15) is 0 Å². The Morgan fingerprint density at radius 3 is 2.75 bits per heavy atom. The Morgan fingerprint density at radius 2 is 2.10 bits per heavy atom. The van der Waals surface area contributed by atoms with Gasteiger partial charge in [0.25, 0.3) is 0 Å². The average molecular weight is 288 g/mol. The molecular weight excluding hydrogens is 268 g/mol. The van der Waals surface area contributed by atoms with Crippen LogP contribution in [0.4, 0.5) is 0 Å². The zero-order chi connectivity index (χ0) is 14.8. The Labute approximate surface area is 124 Å². The highest BCUT2D eigenvalue weighted by molar-refractivity contribution is 7.08. The van der Waals surface area contributed by atoms with Crippen molar-refractivity contribution >= 4 is 23.4 Å². The van der Waals surface area contributed by atoms with Gasteiger partial charge in [-0.05, 0) is 48.7 Å². The number of hydrogen-bond donors (Lipinski definition) is 0. The van der Waals surface area contributed by atoms with Crippen molar-refractivity contribution in [1.29, 1.82) is 0 Å². The minimum absolute atomic E-state index is 0.298. The van der Waals surface area contributed by atoms with Gasteiger partial charge in [-0.15, -0.1) is 0 Å². The van der Waals surface area contributed by atoms with Crippen LogP contribution in [0.25, 0.3) is 6.08 Å². The van der Waals surface area contributed by atoms with Gasteiger partial charge < -0.3 is 4.74 Å². The Hall–Kier alpha value is -1.87. The van der Waals surface area contributed by atoms with Gasteiger partial charge in [-0.1, -0.05) is 36.0 Å². The number of esters is 1. The van der Waals surface area contributed by atoms with Crippen LogP contribution in [0.5, 0.6) is 0 Å². The summed E-state index contributed by atoms with van der Waals surface area (Å²) < 4.78 is 4.85. The fourth-order valence-electron chi connectivity index (χ4n) is 1.42. The highest BCUT2D eigenvalue weighted by Crippen LogP contribution is 2.09. The molecule has 1 aromatic heterocycles. The molecule has 0 unspecified atom stereocenters. The number of rotatable bonds is 6. The van der Waals surface area contributed by atoms with Gasteiger partial charge in [0.05, 0.1) is 6.61 Å². The molecule has 0 aliphatic carbocycles. The van der Waals surface area contributed by atoms with Crippen molar-refractivity contribution in [3.63, 3.8) is 0 Å². The van der Waals surface area contributed by atoms with E-state index in [0.717, 1.165) is 11.1 Å². The van der Waals surface area contributed by atoms with Crippen LogP contribution in [0.1, 0.15) is 26.3 Å². The fraction of sp³-hybridized carbons (Fsp3) is 0.235. The molecule has 2 nitrogen and oxygen atoms in total. The molecule has 0 spiro atoms. The number of thiophene rings is 1. The summed E-state index contributed by atoms with van der Waals surface area (Å²) in [6.07, 6.45) is 11.5. The number of hydrogen-bond acceptors (Lipinski definition) is 3. The van der Waals surface area contributed by atoms with Crippen LogP contribution in [0.2, 0.25) is 0 Å². The predicted octanol–water partition coefficient (Wildman–Crippen LogP) is 4.77. The van der Waals surface area contributed by atoms with Crippen LogP contribution in [0, 0.1) is 0 Å². The van der Waals surface area contributed by atoms with Crippen LogP contribution in [0.3, 0.4) is 0 Å². The highest BCUT2D eigenvalue weighted by atomic mass is 32.1. The third-order valence-electron chi connectivity index (χ3n) is 2.43. The lowest BCUT2D eigenvalue weighted by atomic mass is 10.2. The zero-order valence-corrected chi connectivity index (χ0v) is 12.9. The molecule has 0 saturated carbocycles. The summed E-state index contributed by atoms with van der Waals surface area (Å²) in [6, 6.07) is 2.08. The Kier molecular flexibility index (Phi) is 7.36. The monoisotopic (exact) mass is 288 g/mol. The smallest absolute Gasteiger partial charge is 0.330 e. The van der Waals surface area contributed by atoms with Crippen LogP contribution in [0.15, 0.2) is 58.4 Å². The molecule has 20 heavy (non-hydrogen) atoms. The first-order valence-corrected chi connectivity index (χ1v) is 7.46. The molecule has 0 aliphatic rings. The maximum atomic E-state index is 11.2. The summed E-state index contributed by atoms with van der Waals surface area (Å²) in [5, 5.41) is 4.16. The summed E-state index contributed by atoms with van der Waals surface area (Å²) >= 11 is 1.69. The maximum absolute atomic E-state index is 11.2. The van der Waals surface area contributed by atoms with E-state index in [-0.39, 0.29) is 5.97 Å². The van der Waals surface area contributed by atoms with Crippen molar-refractivity contribution < 1.29 is 9.53 Å². The van der Waals surface area contributed by atoms with Gasteiger partial charge in [0.2, 0.25) is 0 Å². The van der Waals surface area contributed by atoms with E-state index in [2.05, 4.69) is 29.0 Å². The Balaban J connectivity index is 2.53. The number of ether oxygens (including phenoxy) is 1. The molecule has 0 fully saturated rings. The number of carbonyl (C=O) groups is 1. The summed E-state index contributed by atoms with van der Waals surface area (Å²) in [6.45, 7) is 6.11. The summed E-state index contributed by atoms with van der Waals surface area (Å²) in [4.78, 5) is 11.2. The standard InChI is InChI=1S/C17H20O2S/c1-4-19-17(18)12-15(3)7-5-6-14(2)8-9-16-10-11-20-13-16/h5-13H,4H2,1-3H3/b7-5?,9-8?,14-6?,15-12+. The van der Waals surface area contributed by atoms with Gasteiger partial charge in [-0.25, -0.2) is 4.79 Å². The Bertz CT molecular complexity index is 531. The first-order chi connectivity index (χ1) is 9.61. The molecule has 0 aliphatic heterocycles. The molecular formula is C17H20O2S. The fourth-order valence-corrected chi connectivity index (χ4v) is 2.05. The highest BCUT2D eigenvalue weighted by Gasteiger charge is 1.94. The predicted molar refractivity (Wildman–Crippen MR) is 86.6 cm³/mol. The van der Waals surface area contributed by atoms with Crippen LogP contribution < -0.4 is 0 Å². The van der Waals surface area contributed by atoms with E-state index in [1.54, 1.807) is 18.3 Å². The summed E-state index contributed by atoms with van der Waals surface area (Å²) in [5.74, 6) is -0.298. The third kappa shape index (κ3) is 6.90. The lowest BCUT2D eigenvalue weighted by molar-refractivity contribution is -0.137. The van der Waals surface area contributed by atoms with Crippen LogP contribution >= 0.6 is 11.3 Å². The molecule has 0 radical (unpaired) electrons. The van der Waals surface area contributed by atoms with E-state index < -0.39 is 0 Å². The van der Waals surface area contributed by atoms with Crippen LogP contribution in [-0.2, 0) is 9.53 Å². The first kappa shape index (κ1) is 16.2. The van der Waals surface area contributed by atoms with Gasteiger partial charge in [-0.2, -0.15) is 11.3 Å². The second-order valence-corrected chi connectivity index (χ2v) is 5.08. The summed E-state index contributed by atoms with van der Waals surface area (Å²) in [5.41, 5.74) is 3.23. The van der Waals surface area contributed by atoms with Crippen molar-refractivity contribution in [3.05, 3.63) is 63.9 Å². The molecule has 106 valence electrons. The topological polar surface area (TPSA) is 26.3 Å². The normalized spacial score (nSPS) is 13.3. The van der Waals surface area contributed by atoms with E-state index in [4.69, 9.17) is 4.74 Å². The number of carbonyl (C=O) groups excluding carboxylic acids is 1. The van der Waals surface area contributed by atoms with E-state index in [9.17, 15) is 4.79 Å². The number of allylic oxidation sites excluding steroid dienone is 6. The van der Waals surface area contributed by atoms with Crippen molar-refractivity contribution in [2.75, 3.05) is 6.61 Å². The van der Waals surface area contributed by atoms with Crippen molar-refractivity contribution in [1.82, 2.24) is 0 Å². The van der Waals surface area contributed by atoms with E-state index in [0.29, 0.717) is 6.61 Å². The average Bonchev–Trinajstić information content (AvgIpc) is 2.89. The zero-order valence-electron chi connectivity index (χ0n) is 12.1. The molecule has 0 aromatic carbocycles. The molecule has 0 N–H and O–H groups in total. The molecule has 1 heterocycles. The maximum Gasteiger partial charge on any atom is 0.330 e. The molecule has 0 bridgehead atoms. The van der Waals surface area contributed by atoms with E-state index in [1.807, 2.05) is 32.1 Å². The largest absolute Gasteiger partial charge is 0.463 e. The van der Waals surface area contributed by atoms with Crippen LogP contribution in [-0.4, -0.2) is 12.6 Å². The van der Waals surface area contributed by atoms with Gasteiger partial charge in [0, 0.05) is 6.08 Å². The van der Waals surface area contributed by atoms with Crippen molar-refractivity contribution in [2.24, 2.45) is 0 Å². The van der Waals surface area contributed by atoms with Gasteiger partial charge >= 0.3 is 5.97 Å². The molecule has 0 saturated heterocycles. The van der Waals surface area contributed by atoms with Gasteiger partial charge in [-0.3, -0.25) is 0 Å². The second-order valence-electron chi connectivity index (χ2n) is 4.30. The SMILES string of the molecule is CCOC(=O)/C=C(\C)C=CC=C(C)C=Cc1ccsc1. The molecule has 0 amide bonds. The molecule has 0 atom stereocenters. The van der Waals surface area contributed by atoms with Crippen molar-refractivity contribution in [2.45, 2.75) is 20.8 Å². The van der Waals surface area contributed by atoms with Gasteiger partial charge in [0.15, 0.2) is 0 Å². The Morgan fingerprint density at radius 1 is 1.30 bits per heavy atom. The molecule has 1 rings (SSSR count). The lowest BCUT2D eigenvalue weighted by Crippen LogP contribution is -1.99. The summed E-state index contributed by atoms with van der Waals surface area (Å²) in [7, 11) is 0. The first-order valence-electron chi connectivity index (χ1n) is 6.52. The molecule has 3 heteroatoms. The van der Waals surface area contributed by atoms with E-state index >= 15 is 0 Å². The minimum atomic E-state index is -0.298. The third-order valence-corrected chi connectivity index (χ3v) is 3.13.